The molecule has 2 saturated heterocycles. The van der Waals surface area contributed by atoms with Gasteiger partial charge in [-0.05, 0) is 43.9 Å². The molecule has 3 atom stereocenters. The van der Waals surface area contributed by atoms with Gasteiger partial charge in [-0.15, -0.1) is 0 Å². The molecule has 12 heteroatoms. The molecule has 192 valence electrons. The third-order valence-electron chi connectivity index (χ3n) is 7.71. The minimum Gasteiger partial charge on any atom is -0.481 e. The summed E-state index contributed by atoms with van der Waals surface area (Å²) in [4.78, 5) is 29.9. The van der Waals surface area contributed by atoms with E-state index in [-0.39, 0.29) is 22.8 Å². The molecular formula is C23H28ClF2N3O5S. The number of carbonyl (C=O) groups excluding carboxylic acids is 1. The predicted octanol–water partition coefficient (Wildman–Crippen LogP) is 2.36. The van der Waals surface area contributed by atoms with E-state index in [4.69, 9.17) is 11.6 Å². The maximum Gasteiger partial charge on any atom is 0.307 e. The molecule has 0 bridgehead atoms. The van der Waals surface area contributed by atoms with Gasteiger partial charge in [0.15, 0.2) is 9.84 Å². The van der Waals surface area contributed by atoms with Crippen molar-refractivity contribution < 1.29 is 31.9 Å². The normalized spacial score (nSPS) is 29.2. The summed E-state index contributed by atoms with van der Waals surface area (Å²) in [7, 11) is -4.04. The number of piperazine rings is 1. The number of likely N-dealkylation sites (tertiary alicyclic amines) is 1. The van der Waals surface area contributed by atoms with Crippen LogP contribution >= 0.6 is 11.6 Å². The van der Waals surface area contributed by atoms with Gasteiger partial charge in [0.25, 0.3) is 5.92 Å². The summed E-state index contributed by atoms with van der Waals surface area (Å²) in [5, 5.41) is 8.52. The highest BCUT2D eigenvalue weighted by Crippen LogP contribution is 2.42. The number of rotatable bonds is 6. The molecule has 2 heterocycles. The minimum absolute atomic E-state index is 0.0520. The first-order valence-corrected chi connectivity index (χ1v) is 13.8. The molecule has 4 aliphatic rings. The number of nitrogens with zero attached hydrogens (tertiary/aromatic N) is 3. The van der Waals surface area contributed by atoms with Crippen LogP contribution in [0.25, 0.3) is 0 Å². The van der Waals surface area contributed by atoms with E-state index in [0.717, 1.165) is 36.8 Å². The Hall–Kier alpha value is -1.98. The van der Waals surface area contributed by atoms with E-state index in [1.807, 2.05) is 0 Å². The lowest BCUT2D eigenvalue weighted by molar-refractivity contribution is -0.172. The molecule has 4 fully saturated rings. The zero-order valence-electron chi connectivity index (χ0n) is 19.1. The van der Waals surface area contributed by atoms with Gasteiger partial charge in [0.2, 0.25) is 5.91 Å². The van der Waals surface area contributed by atoms with Gasteiger partial charge in [-0.2, -0.15) is 0 Å². The third-order valence-corrected chi connectivity index (χ3v) is 10.4. The fourth-order valence-electron chi connectivity index (χ4n) is 5.57. The lowest BCUT2D eigenvalue weighted by Crippen LogP contribution is -2.60. The molecule has 0 spiro atoms. The average molecular weight is 532 g/mol. The Morgan fingerprint density at radius 2 is 1.66 bits per heavy atom. The van der Waals surface area contributed by atoms with Crippen molar-refractivity contribution in [1.82, 2.24) is 9.80 Å². The molecule has 2 aliphatic heterocycles. The number of benzene rings is 1. The first-order chi connectivity index (χ1) is 16.5. The number of carboxylic acid groups (broad SMARTS) is 1. The Morgan fingerprint density at radius 3 is 2.20 bits per heavy atom. The van der Waals surface area contributed by atoms with Gasteiger partial charge in [0, 0.05) is 37.9 Å². The second kappa shape index (κ2) is 8.85. The summed E-state index contributed by atoms with van der Waals surface area (Å²) in [6.45, 7) is 1.99. The number of carbonyl (C=O) groups is 2. The van der Waals surface area contributed by atoms with Gasteiger partial charge in [0.05, 0.1) is 40.1 Å². The van der Waals surface area contributed by atoms with Crippen molar-refractivity contribution in [3.63, 3.8) is 0 Å². The second-order valence-corrected chi connectivity index (χ2v) is 12.7. The zero-order valence-corrected chi connectivity index (χ0v) is 20.6. The Labute approximate surface area is 207 Å². The standard InChI is InChI=1S/C23H28ClF2N3O5S/c24-19-9-15(28-7-5-27(6-8-28)14-1-2-14)3-4-20(19)35(33,34)16-10-17(18(11-16)22(31)32)21(30)29-12-23(25,26)13-29/h3-4,9,14,16-18H,1-2,5-8,10-13H2,(H,31,32)/t16-,17-,18-/m1/s1. The van der Waals surface area contributed by atoms with Crippen LogP contribution in [0.3, 0.4) is 0 Å². The van der Waals surface area contributed by atoms with Gasteiger partial charge < -0.3 is 14.9 Å². The summed E-state index contributed by atoms with van der Waals surface area (Å²) >= 11 is 6.42. The van der Waals surface area contributed by atoms with E-state index in [9.17, 15) is 31.9 Å². The molecule has 1 N–H and O–H groups in total. The SMILES string of the molecule is O=C(O)[C@@H]1C[C@H](S(=O)(=O)c2ccc(N3CCN(C4CC4)CC3)cc2Cl)C[C@H]1C(=O)N1CC(F)(F)C1. The molecule has 1 amide bonds. The van der Waals surface area contributed by atoms with E-state index in [1.165, 1.54) is 18.9 Å². The van der Waals surface area contributed by atoms with Crippen LogP contribution in [0.5, 0.6) is 0 Å². The fourth-order valence-corrected chi connectivity index (χ4v) is 7.94. The van der Waals surface area contributed by atoms with Crippen LogP contribution in [0.2, 0.25) is 5.02 Å². The molecule has 1 aromatic rings. The largest absolute Gasteiger partial charge is 0.481 e. The minimum atomic E-state index is -4.04. The summed E-state index contributed by atoms with van der Waals surface area (Å²) < 4.78 is 53.3. The van der Waals surface area contributed by atoms with Gasteiger partial charge in [0.1, 0.15) is 0 Å². The fraction of sp³-hybridized carbons (Fsp3) is 0.652. The molecule has 1 aromatic carbocycles. The van der Waals surface area contributed by atoms with Crippen molar-refractivity contribution in [3.05, 3.63) is 23.2 Å². The summed E-state index contributed by atoms with van der Waals surface area (Å²) in [6, 6.07) is 5.47. The number of carboxylic acids is 1. The molecule has 0 aromatic heterocycles. The predicted molar refractivity (Wildman–Crippen MR) is 125 cm³/mol. The van der Waals surface area contributed by atoms with Crippen molar-refractivity contribution in [3.8, 4) is 0 Å². The van der Waals surface area contributed by atoms with Crippen LogP contribution in [0.1, 0.15) is 25.7 Å². The van der Waals surface area contributed by atoms with Gasteiger partial charge in [-0.25, -0.2) is 17.2 Å². The number of hydrogen-bond acceptors (Lipinski definition) is 6. The smallest absolute Gasteiger partial charge is 0.307 e. The van der Waals surface area contributed by atoms with Crippen molar-refractivity contribution in [2.45, 2.75) is 47.8 Å². The van der Waals surface area contributed by atoms with Gasteiger partial charge in [-0.1, -0.05) is 11.6 Å². The molecule has 0 radical (unpaired) electrons. The highest BCUT2D eigenvalue weighted by Gasteiger charge is 2.53. The van der Waals surface area contributed by atoms with E-state index in [2.05, 4.69) is 9.80 Å². The van der Waals surface area contributed by atoms with E-state index in [0.29, 0.717) is 6.04 Å². The number of alkyl halides is 2. The first kappa shape index (κ1) is 24.7. The van der Waals surface area contributed by atoms with Crippen LogP contribution in [-0.4, -0.2) is 91.7 Å². The lowest BCUT2D eigenvalue weighted by Gasteiger charge is -2.40. The number of sulfone groups is 1. The zero-order chi connectivity index (χ0) is 25.1. The Bertz CT molecular complexity index is 1130. The highest BCUT2D eigenvalue weighted by molar-refractivity contribution is 7.92. The van der Waals surface area contributed by atoms with Crippen molar-refractivity contribution in [1.29, 1.82) is 0 Å². The average Bonchev–Trinajstić information content (AvgIpc) is 3.53. The molecular weight excluding hydrogens is 504 g/mol. The number of amides is 1. The highest BCUT2D eigenvalue weighted by atomic mass is 35.5. The monoisotopic (exact) mass is 531 g/mol. The van der Waals surface area contributed by atoms with E-state index < -0.39 is 57.8 Å². The first-order valence-electron chi connectivity index (χ1n) is 11.9. The lowest BCUT2D eigenvalue weighted by atomic mass is 9.93. The number of anilines is 1. The molecule has 35 heavy (non-hydrogen) atoms. The maximum atomic E-state index is 13.4. The van der Waals surface area contributed by atoms with Crippen LogP contribution in [0.4, 0.5) is 14.5 Å². The molecule has 0 unspecified atom stereocenters. The Morgan fingerprint density at radius 1 is 1.03 bits per heavy atom. The van der Waals surface area contributed by atoms with Crippen LogP contribution in [-0.2, 0) is 19.4 Å². The van der Waals surface area contributed by atoms with Crippen LogP contribution < -0.4 is 4.90 Å². The maximum absolute atomic E-state index is 13.4. The molecule has 2 aliphatic carbocycles. The Kier molecular flexibility index (Phi) is 6.24. The summed E-state index contributed by atoms with van der Waals surface area (Å²) in [5.41, 5.74) is 0.825. The van der Waals surface area contributed by atoms with Crippen LogP contribution in [0.15, 0.2) is 23.1 Å². The van der Waals surface area contributed by atoms with Gasteiger partial charge in [-0.3, -0.25) is 14.5 Å². The van der Waals surface area contributed by atoms with Crippen LogP contribution in [0, 0.1) is 11.8 Å². The summed E-state index contributed by atoms with van der Waals surface area (Å²) in [6.07, 6.45) is 2.00. The Balaban J connectivity index is 1.30. The molecule has 5 rings (SSSR count). The number of hydrogen-bond donors (Lipinski definition) is 1. The second-order valence-electron chi connectivity index (χ2n) is 10.1. The third kappa shape index (κ3) is 4.74. The summed E-state index contributed by atoms with van der Waals surface area (Å²) in [5.74, 6) is -7.44. The number of aliphatic carboxylic acids is 1. The quantitative estimate of drug-likeness (QED) is 0.601. The molecule has 8 nitrogen and oxygen atoms in total. The molecule has 2 saturated carbocycles. The topological polar surface area (TPSA) is 98.2 Å². The number of halogens is 3. The van der Waals surface area contributed by atoms with Crippen molar-refractivity contribution in [2.24, 2.45) is 11.8 Å². The van der Waals surface area contributed by atoms with Crippen molar-refractivity contribution in [2.75, 3.05) is 44.2 Å². The van der Waals surface area contributed by atoms with Gasteiger partial charge >= 0.3 is 5.97 Å². The van der Waals surface area contributed by atoms with E-state index >= 15 is 0 Å². The van der Waals surface area contributed by atoms with E-state index in [1.54, 1.807) is 12.1 Å². The van der Waals surface area contributed by atoms with Crippen molar-refractivity contribution >= 4 is 39.0 Å².